The number of methoxy groups -OCH3 is 1. The van der Waals surface area contributed by atoms with Gasteiger partial charge in [-0.1, -0.05) is 0 Å². The molecule has 6 aromatic rings. The molecule has 1 aromatic carbocycles. The first-order valence-electron chi connectivity index (χ1n) is 10.5. The summed E-state index contributed by atoms with van der Waals surface area (Å²) in [6.07, 6.45) is 5.00. The lowest BCUT2D eigenvalue weighted by atomic mass is 10.1. The van der Waals surface area contributed by atoms with Crippen LogP contribution in [-0.4, -0.2) is 37.2 Å². The summed E-state index contributed by atoms with van der Waals surface area (Å²) in [7, 11) is 1.50. The Morgan fingerprint density at radius 2 is 1.85 bits per heavy atom. The molecular weight excluding hydrogens is 433 g/mol. The summed E-state index contributed by atoms with van der Waals surface area (Å²) >= 11 is 0. The summed E-state index contributed by atoms with van der Waals surface area (Å²) in [5.41, 5.74) is 13.0. The maximum atomic E-state index is 14.2. The number of ether oxygens (including phenoxy) is 1. The number of anilines is 1. The van der Waals surface area contributed by atoms with E-state index in [4.69, 9.17) is 15.5 Å². The Labute approximate surface area is 192 Å². The van der Waals surface area contributed by atoms with E-state index >= 15 is 0 Å². The Hall–Kier alpha value is -4.79. The molecule has 5 aromatic heterocycles. The average Bonchev–Trinajstić information content (AvgIpc) is 3.47. The Balaban J connectivity index is 1.50. The van der Waals surface area contributed by atoms with Gasteiger partial charge in [-0.15, -0.1) is 0 Å². The highest BCUT2D eigenvalue weighted by Crippen LogP contribution is 2.34. The van der Waals surface area contributed by atoms with Crippen molar-refractivity contribution in [1.29, 1.82) is 0 Å². The maximum Gasteiger partial charge on any atom is 0.135 e. The third-order valence-electron chi connectivity index (χ3n) is 5.65. The largest absolute Gasteiger partial charge is 0.497 e. The minimum atomic E-state index is -0.394. The second kappa shape index (κ2) is 7.66. The summed E-state index contributed by atoms with van der Waals surface area (Å²) in [5, 5.41) is 8.36. The number of nitrogens with zero attached hydrogens (tertiary/aromatic N) is 4. The van der Waals surface area contributed by atoms with Gasteiger partial charge >= 0.3 is 0 Å². The van der Waals surface area contributed by atoms with Crippen LogP contribution < -0.4 is 10.5 Å². The molecule has 5 heterocycles. The summed E-state index contributed by atoms with van der Waals surface area (Å²) in [6.45, 7) is 0. The molecule has 0 bridgehead atoms. The van der Waals surface area contributed by atoms with Crippen molar-refractivity contribution in [2.24, 2.45) is 0 Å². The number of aromatic nitrogens is 6. The molecule has 0 saturated carbocycles. The van der Waals surface area contributed by atoms with Gasteiger partial charge in [-0.3, -0.25) is 15.1 Å². The van der Waals surface area contributed by atoms with Crippen LogP contribution >= 0.6 is 0 Å². The smallest absolute Gasteiger partial charge is 0.135 e. The number of benzene rings is 1. The third-order valence-corrected chi connectivity index (χ3v) is 5.65. The van der Waals surface area contributed by atoms with Crippen molar-refractivity contribution < 1.29 is 9.13 Å². The molecule has 0 unspecified atom stereocenters. The molecule has 34 heavy (non-hydrogen) atoms. The van der Waals surface area contributed by atoms with Gasteiger partial charge in [0.15, 0.2) is 0 Å². The number of hydrogen-bond donors (Lipinski definition) is 3. The van der Waals surface area contributed by atoms with Crippen LogP contribution in [0.15, 0.2) is 67.1 Å². The molecule has 0 fully saturated rings. The number of rotatable bonds is 4. The number of nitrogens with two attached hydrogens (primary N) is 1. The summed E-state index contributed by atoms with van der Waals surface area (Å²) in [6, 6.07) is 14.0. The fraction of sp³-hybridized carbons (Fsp3) is 0.0400. The van der Waals surface area contributed by atoms with Crippen LogP contribution in [-0.2, 0) is 0 Å². The average molecular weight is 451 g/mol. The molecular formula is C25H18FN7O. The molecule has 0 atom stereocenters. The van der Waals surface area contributed by atoms with Crippen molar-refractivity contribution in [3.8, 4) is 39.7 Å². The first-order chi connectivity index (χ1) is 16.6. The molecule has 0 spiro atoms. The third kappa shape index (κ3) is 3.30. The quantitative estimate of drug-likeness (QED) is 0.349. The van der Waals surface area contributed by atoms with E-state index in [0.29, 0.717) is 33.9 Å². The molecule has 6 rings (SSSR count). The molecule has 9 heteroatoms. The van der Waals surface area contributed by atoms with Crippen molar-refractivity contribution in [2.45, 2.75) is 0 Å². The Bertz CT molecular complexity index is 1690. The van der Waals surface area contributed by atoms with E-state index in [1.54, 1.807) is 24.7 Å². The zero-order valence-corrected chi connectivity index (χ0v) is 18.0. The van der Waals surface area contributed by atoms with Gasteiger partial charge in [0.2, 0.25) is 0 Å². The van der Waals surface area contributed by atoms with Gasteiger partial charge in [-0.05, 0) is 42.5 Å². The van der Waals surface area contributed by atoms with E-state index in [9.17, 15) is 4.39 Å². The van der Waals surface area contributed by atoms with Gasteiger partial charge in [0.05, 0.1) is 35.4 Å². The molecule has 0 radical (unpaired) electrons. The van der Waals surface area contributed by atoms with Crippen LogP contribution in [0.1, 0.15) is 0 Å². The lowest BCUT2D eigenvalue weighted by Gasteiger charge is -2.06. The molecule has 166 valence electrons. The number of aromatic amines is 2. The predicted octanol–water partition coefficient (Wildman–Crippen LogP) is 4.96. The summed E-state index contributed by atoms with van der Waals surface area (Å²) < 4.78 is 19.4. The molecule has 0 aliphatic carbocycles. The monoisotopic (exact) mass is 451 g/mol. The second-order valence-electron chi connectivity index (χ2n) is 7.86. The topological polar surface area (TPSA) is 118 Å². The van der Waals surface area contributed by atoms with E-state index in [0.717, 1.165) is 33.4 Å². The van der Waals surface area contributed by atoms with Crippen LogP contribution in [0.4, 0.5) is 10.1 Å². The van der Waals surface area contributed by atoms with Gasteiger partial charge in [0, 0.05) is 46.7 Å². The summed E-state index contributed by atoms with van der Waals surface area (Å²) in [4.78, 5) is 16.9. The Kier molecular flexibility index (Phi) is 4.48. The second-order valence-corrected chi connectivity index (χ2v) is 7.86. The highest BCUT2D eigenvalue weighted by atomic mass is 19.1. The fourth-order valence-electron chi connectivity index (χ4n) is 4.07. The highest BCUT2D eigenvalue weighted by molar-refractivity contribution is 5.99. The first-order valence-corrected chi connectivity index (χ1v) is 10.5. The standard InChI is InChI=1S/C25H18FN7O/c1-34-17-8-13(6-15(26)9-17)23-18-10-22(30-20(18)4-5-29-23)25-24-21(32-33-25)3-2-19(31-24)14-7-16(27)12-28-11-14/h2-12,30H,27H2,1H3,(H,32,33). The lowest BCUT2D eigenvalue weighted by Crippen LogP contribution is -1.90. The number of pyridine rings is 3. The number of hydrogen-bond acceptors (Lipinski definition) is 6. The van der Waals surface area contributed by atoms with Crippen LogP contribution in [0.3, 0.4) is 0 Å². The molecule has 0 saturated heterocycles. The van der Waals surface area contributed by atoms with E-state index in [1.807, 2.05) is 30.3 Å². The number of fused-ring (bicyclic) bond motifs is 2. The number of nitrogen functional groups attached to an aromatic ring is 1. The van der Waals surface area contributed by atoms with Crippen LogP contribution in [0, 0.1) is 5.82 Å². The van der Waals surface area contributed by atoms with Gasteiger partial charge in [-0.25, -0.2) is 9.37 Å². The van der Waals surface area contributed by atoms with Crippen LogP contribution in [0.2, 0.25) is 0 Å². The highest BCUT2D eigenvalue weighted by Gasteiger charge is 2.16. The van der Waals surface area contributed by atoms with Crippen molar-refractivity contribution >= 4 is 27.6 Å². The normalized spacial score (nSPS) is 11.4. The molecule has 0 aliphatic rings. The van der Waals surface area contributed by atoms with E-state index < -0.39 is 5.82 Å². The summed E-state index contributed by atoms with van der Waals surface area (Å²) in [5.74, 6) is 0.0330. The van der Waals surface area contributed by atoms with Crippen LogP contribution in [0.5, 0.6) is 5.75 Å². The van der Waals surface area contributed by atoms with E-state index in [-0.39, 0.29) is 0 Å². The number of halogens is 1. The molecule has 0 aliphatic heterocycles. The zero-order chi connectivity index (χ0) is 23.2. The minimum absolute atomic E-state index is 0.394. The number of nitrogens with one attached hydrogen (secondary N) is 2. The van der Waals surface area contributed by atoms with Gasteiger partial charge in [0.25, 0.3) is 0 Å². The van der Waals surface area contributed by atoms with Crippen molar-refractivity contribution in [3.05, 3.63) is 72.9 Å². The van der Waals surface area contributed by atoms with Gasteiger partial charge in [0.1, 0.15) is 22.8 Å². The molecule has 8 nitrogen and oxygen atoms in total. The Morgan fingerprint density at radius 3 is 2.71 bits per heavy atom. The SMILES string of the molecule is COc1cc(F)cc(-c2nccc3[nH]c(-c4n[nH]c5ccc(-c6cncc(N)c6)nc45)cc23)c1. The first kappa shape index (κ1) is 19.9. The number of H-pyrrole nitrogens is 2. The molecule has 4 N–H and O–H groups in total. The zero-order valence-electron chi connectivity index (χ0n) is 18.0. The van der Waals surface area contributed by atoms with Crippen molar-refractivity contribution in [1.82, 2.24) is 30.1 Å². The Morgan fingerprint density at radius 1 is 0.941 bits per heavy atom. The lowest BCUT2D eigenvalue weighted by molar-refractivity contribution is 0.411. The predicted molar refractivity (Wildman–Crippen MR) is 129 cm³/mol. The van der Waals surface area contributed by atoms with Gasteiger partial charge < -0.3 is 15.5 Å². The fourth-order valence-corrected chi connectivity index (χ4v) is 4.07. The van der Waals surface area contributed by atoms with E-state index in [1.165, 1.54) is 19.2 Å². The van der Waals surface area contributed by atoms with Crippen LogP contribution in [0.25, 0.3) is 55.8 Å². The maximum absolute atomic E-state index is 14.2. The molecule has 0 amide bonds. The van der Waals surface area contributed by atoms with Crippen molar-refractivity contribution in [3.63, 3.8) is 0 Å². The van der Waals surface area contributed by atoms with Gasteiger partial charge in [-0.2, -0.15) is 5.10 Å². The van der Waals surface area contributed by atoms with E-state index in [2.05, 4.69) is 25.1 Å². The van der Waals surface area contributed by atoms with Crippen molar-refractivity contribution in [2.75, 3.05) is 12.8 Å². The minimum Gasteiger partial charge on any atom is -0.497 e.